The molecule has 0 atom stereocenters. The third kappa shape index (κ3) is 3.06. The number of likely N-dealkylation sites (N-methyl/N-ethyl adjacent to an activating group) is 1. The molecule has 0 radical (unpaired) electrons. The maximum atomic E-state index is 9.96. The fraction of sp³-hybridized carbons (Fsp3) is 0.133. The predicted octanol–water partition coefficient (Wildman–Crippen LogP) is 4.12. The molecule has 1 aliphatic rings. The number of phenolic OH excluding ortho intramolecular Hbond substituents is 1. The number of hydrogen-bond donors (Lipinski definition) is 2. The van der Waals surface area contributed by atoms with Gasteiger partial charge in [-0.3, -0.25) is 0 Å². The number of nitrogens with zero attached hydrogens (tertiary/aromatic N) is 1. The molecule has 2 rings (SSSR count). The van der Waals surface area contributed by atoms with Crippen LogP contribution in [0.3, 0.4) is 0 Å². The second-order valence-corrected chi connectivity index (χ2v) is 5.48. The maximum absolute atomic E-state index is 9.96. The maximum Gasteiger partial charge on any atom is 0.141 e. The average molecular weight is 309 g/mol. The van der Waals surface area contributed by atoms with Gasteiger partial charge < -0.3 is 15.4 Å². The topological polar surface area (TPSA) is 47.3 Å². The van der Waals surface area contributed by atoms with Crippen molar-refractivity contribution in [3.8, 4) is 5.75 Å². The van der Waals surface area contributed by atoms with E-state index in [0.717, 1.165) is 5.70 Å². The van der Waals surface area contributed by atoms with E-state index in [1.54, 1.807) is 18.2 Å². The zero-order valence-corrected chi connectivity index (χ0v) is 12.6. The van der Waals surface area contributed by atoms with Crippen LogP contribution in [0.5, 0.6) is 5.75 Å². The number of halogens is 2. The highest BCUT2D eigenvalue weighted by Gasteiger charge is 2.11. The van der Waals surface area contributed by atoms with Gasteiger partial charge in [-0.15, -0.1) is 0 Å². The molecule has 104 valence electrons. The van der Waals surface area contributed by atoms with E-state index in [2.05, 4.69) is 0 Å². The lowest BCUT2D eigenvalue weighted by Gasteiger charge is -2.18. The first-order chi connectivity index (χ1) is 9.38. The molecule has 0 amide bonds. The minimum absolute atomic E-state index is 0.0364. The molecule has 0 spiro atoms. The van der Waals surface area contributed by atoms with Crippen LogP contribution in [0.15, 0.2) is 41.6 Å². The minimum Gasteiger partial charge on any atom is -0.506 e. The van der Waals surface area contributed by atoms with Gasteiger partial charge >= 0.3 is 0 Å². The molecule has 0 aliphatic heterocycles. The number of rotatable bonds is 2. The quantitative estimate of drug-likeness (QED) is 0.863. The fourth-order valence-corrected chi connectivity index (χ4v) is 2.32. The zero-order chi connectivity index (χ0) is 14.9. The Hall–Kier alpha value is -1.71. The standard InChI is InChI=1S/C15H14Cl2N2O/c1-19(2)12-3-4-14(18)9(7-12)5-10-6-11(16)8-13(17)15(10)20/h3-8,18,20H,1-2H3. The van der Waals surface area contributed by atoms with Crippen LogP contribution in [0, 0.1) is 5.41 Å². The molecule has 0 unspecified atom stereocenters. The minimum atomic E-state index is -0.0364. The summed E-state index contributed by atoms with van der Waals surface area (Å²) in [7, 11) is 3.85. The lowest BCUT2D eigenvalue weighted by atomic mass is 10.00. The summed E-state index contributed by atoms with van der Waals surface area (Å²) in [6.45, 7) is 0. The van der Waals surface area contributed by atoms with Crippen LogP contribution in [0.1, 0.15) is 5.56 Å². The van der Waals surface area contributed by atoms with Gasteiger partial charge in [0.15, 0.2) is 0 Å². The number of benzene rings is 1. The molecule has 0 saturated carbocycles. The van der Waals surface area contributed by atoms with Crippen molar-refractivity contribution in [1.29, 1.82) is 5.41 Å². The van der Waals surface area contributed by atoms with Crippen LogP contribution < -0.4 is 0 Å². The zero-order valence-electron chi connectivity index (χ0n) is 11.1. The Balaban J connectivity index is 2.50. The second kappa shape index (κ2) is 5.73. The SMILES string of the molecule is CN(C)C1=CC(=Cc2cc(Cl)cc(Cl)c2O)C(=N)C=C1. The molecule has 1 aromatic carbocycles. The largest absolute Gasteiger partial charge is 0.506 e. The highest BCUT2D eigenvalue weighted by molar-refractivity contribution is 6.36. The molecular formula is C15H14Cl2N2O. The summed E-state index contributed by atoms with van der Waals surface area (Å²) in [5.74, 6) is -0.0364. The van der Waals surface area contributed by atoms with Crippen LogP contribution >= 0.6 is 23.2 Å². The molecule has 2 N–H and O–H groups in total. The van der Waals surface area contributed by atoms with E-state index in [9.17, 15) is 5.11 Å². The third-order valence-electron chi connectivity index (χ3n) is 2.92. The number of hydrogen-bond acceptors (Lipinski definition) is 3. The summed E-state index contributed by atoms with van der Waals surface area (Å²) in [5.41, 5.74) is 2.52. The number of aromatic hydroxyl groups is 1. The summed E-state index contributed by atoms with van der Waals surface area (Å²) in [5, 5.41) is 18.5. The van der Waals surface area contributed by atoms with E-state index in [0.29, 0.717) is 21.9 Å². The number of nitrogens with one attached hydrogen (secondary N) is 1. The Bertz CT molecular complexity index is 658. The average Bonchev–Trinajstić information content (AvgIpc) is 2.37. The van der Waals surface area contributed by atoms with Gasteiger partial charge in [0.2, 0.25) is 0 Å². The van der Waals surface area contributed by atoms with E-state index < -0.39 is 0 Å². The Morgan fingerprint density at radius 2 is 1.90 bits per heavy atom. The third-order valence-corrected chi connectivity index (χ3v) is 3.43. The van der Waals surface area contributed by atoms with Crippen molar-refractivity contribution in [2.45, 2.75) is 0 Å². The monoisotopic (exact) mass is 308 g/mol. The molecule has 3 nitrogen and oxygen atoms in total. The van der Waals surface area contributed by atoms with Crippen molar-refractivity contribution in [2.24, 2.45) is 0 Å². The highest BCUT2D eigenvalue weighted by Crippen LogP contribution is 2.33. The van der Waals surface area contributed by atoms with E-state index in [-0.39, 0.29) is 10.8 Å². The molecule has 0 saturated heterocycles. The Morgan fingerprint density at radius 1 is 1.20 bits per heavy atom. The van der Waals surface area contributed by atoms with E-state index in [1.165, 1.54) is 6.07 Å². The van der Waals surface area contributed by atoms with Crippen LogP contribution in [0.2, 0.25) is 10.0 Å². The first kappa shape index (κ1) is 14.7. The molecule has 20 heavy (non-hydrogen) atoms. The van der Waals surface area contributed by atoms with Gasteiger partial charge in [0.25, 0.3) is 0 Å². The molecule has 0 heterocycles. The second-order valence-electron chi connectivity index (χ2n) is 4.64. The summed E-state index contributed by atoms with van der Waals surface area (Å²) >= 11 is 11.8. The first-order valence-electron chi connectivity index (χ1n) is 5.94. The molecule has 0 fully saturated rings. The highest BCUT2D eigenvalue weighted by atomic mass is 35.5. The van der Waals surface area contributed by atoms with Gasteiger partial charge in [-0.05, 0) is 36.4 Å². The van der Waals surface area contributed by atoms with E-state index in [4.69, 9.17) is 28.6 Å². The lowest BCUT2D eigenvalue weighted by molar-refractivity contribution is 0.474. The van der Waals surface area contributed by atoms with Crippen LogP contribution in [-0.2, 0) is 0 Å². The Morgan fingerprint density at radius 3 is 2.55 bits per heavy atom. The molecule has 0 bridgehead atoms. The van der Waals surface area contributed by atoms with Crippen molar-refractivity contribution in [3.63, 3.8) is 0 Å². The van der Waals surface area contributed by atoms with Crippen molar-refractivity contribution < 1.29 is 5.11 Å². The predicted molar refractivity (Wildman–Crippen MR) is 84.7 cm³/mol. The summed E-state index contributed by atoms with van der Waals surface area (Å²) in [6, 6.07) is 3.10. The molecule has 1 aliphatic carbocycles. The van der Waals surface area contributed by atoms with Crippen molar-refractivity contribution >= 4 is 35.0 Å². The van der Waals surface area contributed by atoms with Gasteiger partial charge in [-0.2, -0.15) is 0 Å². The van der Waals surface area contributed by atoms with Crippen molar-refractivity contribution in [2.75, 3.05) is 14.1 Å². The first-order valence-corrected chi connectivity index (χ1v) is 6.70. The van der Waals surface area contributed by atoms with Crippen LogP contribution in [-0.4, -0.2) is 29.8 Å². The van der Waals surface area contributed by atoms with E-state index >= 15 is 0 Å². The molecular weight excluding hydrogens is 295 g/mol. The smallest absolute Gasteiger partial charge is 0.141 e. The molecule has 1 aromatic rings. The Labute approximate surface area is 127 Å². The summed E-state index contributed by atoms with van der Waals surface area (Å²) in [4.78, 5) is 1.95. The van der Waals surface area contributed by atoms with Gasteiger partial charge in [-0.25, -0.2) is 0 Å². The molecule has 0 aromatic heterocycles. The van der Waals surface area contributed by atoms with Gasteiger partial charge in [0, 0.05) is 36.0 Å². The van der Waals surface area contributed by atoms with Gasteiger partial charge in [0.05, 0.1) is 10.7 Å². The number of allylic oxidation sites excluding steroid dienone is 4. The van der Waals surface area contributed by atoms with E-state index in [1.807, 2.05) is 31.1 Å². The van der Waals surface area contributed by atoms with Crippen molar-refractivity contribution in [3.05, 3.63) is 57.2 Å². The lowest BCUT2D eigenvalue weighted by Crippen LogP contribution is -2.13. The summed E-state index contributed by atoms with van der Waals surface area (Å²) < 4.78 is 0. The summed E-state index contributed by atoms with van der Waals surface area (Å²) in [6.07, 6.45) is 7.15. The van der Waals surface area contributed by atoms with Crippen LogP contribution in [0.25, 0.3) is 6.08 Å². The fourth-order valence-electron chi connectivity index (χ4n) is 1.81. The van der Waals surface area contributed by atoms with Gasteiger partial charge in [0.1, 0.15) is 5.75 Å². The molecule has 5 heteroatoms. The van der Waals surface area contributed by atoms with Crippen LogP contribution in [0.4, 0.5) is 0 Å². The van der Waals surface area contributed by atoms with Gasteiger partial charge in [-0.1, -0.05) is 23.2 Å². The Kier molecular flexibility index (Phi) is 4.21. The number of phenols is 1. The van der Waals surface area contributed by atoms with Crippen molar-refractivity contribution in [1.82, 2.24) is 4.90 Å². The normalized spacial score (nSPS) is 16.5.